The Bertz CT molecular complexity index is 568. The van der Waals surface area contributed by atoms with Crippen LogP contribution in [0.5, 0.6) is 0 Å². The highest BCUT2D eigenvalue weighted by molar-refractivity contribution is 5.96. The van der Waals surface area contributed by atoms with E-state index in [0.29, 0.717) is 11.4 Å². The minimum Gasteiger partial charge on any atom is -0.345 e. The largest absolute Gasteiger partial charge is 0.345 e. The molecule has 2 rings (SSSR count). The van der Waals surface area contributed by atoms with E-state index < -0.39 is 0 Å². The molecule has 0 saturated heterocycles. The predicted molar refractivity (Wildman–Crippen MR) is 71.7 cm³/mol. The predicted octanol–water partition coefficient (Wildman–Crippen LogP) is 0.412. The molecule has 0 fully saturated rings. The standard InChI is InChI=1S/C13H15N5O2/c1-9(12-15-8-16-18-12)17-11(19)7-14-13(20)10-5-3-2-4-6-10/h2-6,8-9H,7H2,1H3,(H,14,20)(H,17,19)(H,15,16,18). The summed E-state index contributed by atoms with van der Waals surface area (Å²) in [4.78, 5) is 27.4. The lowest BCUT2D eigenvalue weighted by Gasteiger charge is -2.11. The Morgan fingerprint density at radius 2 is 2.05 bits per heavy atom. The lowest BCUT2D eigenvalue weighted by molar-refractivity contribution is -0.120. The first-order valence-electron chi connectivity index (χ1n) is 6.14. The molecule has 0 aliphatic heterocycles. The summed E-state index contributed by atoms with van der Waals surface area (Å²) >= 11 is 0. The SMILES string of the molecule is CC(NC(=O)CNC(=O)c1ccccc1)c1ncn[nH]1. The maximum atomic E-state index is 11.7. The Labute approximate surface area is 115 Å². The van der Waals surface area contributed by atoms with E-state index in [9.17, 15) is 9.59 Å². The number of hydrogen-bond donors (Lipinski definition) is 3. The first-order valence-corrected chi connectivity index (χ1v) is 6.14. The maximum absolute atomic E-state index is 11.7. The van der Waals surface area contributed by atoms with Crippen LogP contribution >= 0.6 is 0 Å². The van der Waals surface area contributed by atoms with Gasteiger partial charge in [-0.1, -0.05) is 18.2 Å². The lowest BCUT2D eigenvalue weighted by atomic mass is 10.2. The van der Waals surface area contributed by atoms with Crippen molar-refractivity contribution in [3.05, 3.63) is 48.0 Å². The van der Waals surface area contributed by atoms with Gasteiger partial charge in [0, 0.05) is 5.56 Å². The number of nitrogens with one attached hydrogen (secondary N) is 3. The highest BCUT2D eigenvalue weighted by atomic mass is 16.2. The van der Waals surface area contributed by atoms with Crippen molar-refractivity contribution in [2.75, 3.05) is 6.54 Å². The van der Waals surface area contributed by atoms with E-state index in [1.165, 1.54) is 6.33 Å². The summed E-state index contributed by atoms with van der Waals surface area (Å²) in [7, 11) is 0. The van der Waals surface area contributed by atoms with Crippen molar-refractivity contribution >= 4 is 11.8 Å². The fraction of sp³-hybridized carbons (Fsp3) is 0.231. The Morgan fingerprint density at radius 1 is 1.30 bits per heavy atom. The number of benzene rings is 1. The van der Waals surface area contributed by atoms with E-state index >= 15 is 0 Å². The molecule has 0 radical (unpaired) electrons. The summed E-state index contributed by atoms with van der Waals surface area (Å²) in [5, 5.41) is 11.6. The smallest absolute Gasteiger partial charge is 0.251 e. The zero-order valence-corrected chi connectivity index (χ0v) is 11.0. The molecule has 0 aliphatic rings. The summed E-state index contributed by atoms with van der Waals surface area (Å²) < 4.78 is 0. The van der Waals surface area contributed by atoms with Gasteiger partial charge >= 0.3 is 0 Å². The number of carbonyl (C=O) groups excluding carboxylic acids is 2. The molecule has 0 aliphatic carbocycles. The molecule has 1 aromatic heterocycles. The van der Waals surface area contributed by atoms with Crippen LogP contribution in [0.3, 0.4) is 0 Å². The Hall–Kier alpha value is -2.70. The van der Waals surface area contributed by atoms with Crippen LogP contribution in [0.2, 0.25) is 0 Å². The van der Waals surface area contributed by atoms with Gasteiger partial charge in [-0.05, 0) is 19.1 Å². The molecule has 1 aromatic carbocycles. The minimum absolute atomic E-state index is 0.0911. The van der Waals surface area contributed by atoms with Crippen LogP contribution in [0.25, 0.3) is 0 Å². The molecular formula is C13H15N5O2. The number of aromatic nitrogens is 3. The molecule has 2 amide bonds. The van der Waals surface area contributed by atoms with Crippen LogP contribution in [-0.4, -0.2) is 33.5 Å². The molecule has 1 heterocycles. The number of aromatic amines is 1. The van der Waals surface area contributed by atoms with E-state index in [4.69, 9.17) is 0 Å². The second-order valence-corrected chi connectivity index (χ2v) is 4.21. The topological polar surface area (TPSA) is 99.8 Å². The molecule has 0 saturated carbocycles. The second-order valence-electron chi connectivity index (χ2n) is 4.21. The Morgan fingerprint density at radius 3 is 2.70 bits per heavy atom. The van der Waals surface area contributed by atoms with Gasteiger partial charge in [0.1, 0.15) is 12.2 Å². The molecule has 2 aromatic rings. The van der Waals surface area contributed by atoms with Crippen LogP contribution < -0.4 is 10.6 Å². The number of carbonyl (C=O) groups is 2. The van der Waals surface area contributed by atoms with Gasteiger partial charge in [0.15, 0.2) is 0 Å². The lowest BCUT2D eigenvalue weighted by Crippen LogP contribution is -2.38. The third-order valence-corrected chi connectivity index (χ3v) is 2.67. The van der Waals surface area contributed by atoms with Crippen molar-refractivity contribution in [3.8, 4) is 0 Å². The van der Waals surface area contributed by atoms with E-state index in [2.05, 4.69) is 25.8 Å². The molecule has 1 atom stereocenters. The summed E-state index contributed by atoms with van der Waals surface area (Å²) in [6.07, 6.45) is 1.37. The monoisotopic (exact) mass is 273 g/mol. The molecule has 104 valence electrons. The molecule has 0 bridgehead atoms. The van der Waals surface area contributed by atoms with E-state index in [1.54, 1.807) is 31.2 Å². The molecule has 1 unspecified atom stereocenters. The average Bonchev–Trinajstić information content (AvgIpc) is 3.00. The van der Waals surface area contributed by atoms with Crippen molar-refractivity contribution in [1.29, 1.82) is 0 Å². The van der Waals surface area contributed by atoms with Gasteiger partial charge in [-0.15, -0.1) is 0 Å². The van der Waals surface area contributed by atoms with Crippen molar-refractivity contribution in [1.82, 2.24) is 25.8 Å². The highest BCUT2D eigenvalue weighted by Crippen LogP contribution is 2.03. The fourth-order valence-corrected chi connectivity index (χ4v) is 1.64. The molecular weight excluding hydrogens is 258 g/mol. The van der Waals surface area contributed by atoms with Crippen LogP contribution in [0.1, 0.15) is 29.1 Å². The Balaban J connectivity index is 1.79. The second kappa shape index (κ2) is 6.46. The number of rotatable bonds is 5. The molecule has 20 heavy (non-hydrogen) atoms. The van der Waals surface area contributed by atoms with Crippen LogP contribution in [0.4, 0.5) is 0 Å². The summed E-state index contributed by atoms with van der Waals surface area (Å²) in [6.45, 7) is 1.68. The molecule has 0 spiro atoms. The third kappa shape index (κ3) is 3.64. The van der Waals surface area contributed by atoms with Crippen LogP contribution in [-0.2, 0) is 4.79 Å². The van der Waals surface area contributed by atoms with Crippen molar-refractivity contribution in [2.45, 2.75) is 13.0 Å². The molecule has 7 nitrogen and oxygen atoms in total. The van der Waals surface area contributed by atoms with Crippen LogP contribution in [0, 0.1) is 0 Å². The van der Waals surface area contributed by atoms with Gasteiger partial charge in [-0.25, -0.2) is 4.98 Å². The van der Waals surface area contributed by atoms with E-state index in [-0.39, 0.29) is 24.4 Å². The average molecular weight is 273 g/mol. The number of amides is 2. The van der Waals surface area contributed by atoms with Crippen molar-refractivity contribution < 1.29 is 9.59 Å². The number of hydrogen-bond acceptors (Lipinski definition) is 4. The summed E-state index contributed by atoms with van der Waals surface area (Å²) in [6, 6.07) is 8.43. The van der Waals surface area contributed by atoms with Crippen molar-refractivity contribution in [3.63, 3.8) is 0 Å². The van der Waals surface area contributed by atoms with E-state index in [1.807, 2.05) is 6.07 Å². The van der Waals surface area contributed by atoms with Gasteiger partial charge in [0.2, 0.25) is 5.91 Å². The number of H-pyrrole nitrogens is 1. The minimum atomic E-state index is -0.293. The van der Waals surface area contributed by atoms with Gasteiger partial charge in [-0.2, -0.15) is 5.10 Å². The summed E-state index contributed by atoms with van der Waals surface area (Å²) in [5.74, 6) is -0.0148. The number of nitrogens with zero attached hydrogens (tertiary/aromatic N) is 2. The fourth-order valence-electron chi connectivity index (χ4n) is 1.64. The van der Waals surface area contributed by atoms with Gasteiger partial charge < -0.3 is 10.6 Å². The first-order chi connectivity index (χ1) is 9.66. The maximum Gasteiger partial charge on any atom is 0.251 e. The van der Waals surface area contributed by atoms with Gasteiger partial charge in [0.05, 0.1) is 12.6 Å². The zero-order chi connectivity index (χ0) is 14.4. The molecule has 7 heteroatoms. The van der Waals surface area contributed by atoms with Gasteiger partial charge in [-0.3, -0.25) is 14.7 Å². The molecule has 3 N–H and O–H groups in total. The normalized spacial score (nSPS) is 11.7. The summed E-state index contributed by atoms with van der Waals surface area (Å²) in [5.41, 5.74) is 0.517. The van der Waals surface area contributed by atoms with E-state index in [0.717, 1.165) is 0 Å². The third-order valence-electron chi connectivity index (χ3n) is 2.67. The van der Waals surface area contributed by atoms with Crippen molar-refractivity contribution in [2.24, 2.45) is 0 Å². The zero-order valence-electron chi connectivity index (χ0n) is 11.0. The quantitative estimate of drug-likeness (QED) is 0.734. The first kappa shape index (κ1) is 13.7. The van der Waals surface area contributed by atoms with Gasteiger partial charge in [0.25, 0.3) is 5.91 Å². The Kier molecular flexibility index (Phi) is 4.43. The van der Waals surface area contributed by atoms with Crippen LogP contribution in [0.15, 0.2) is 36.7 Å². The highest BCUT2D eigenvalue weighted by Gasteiger charge is 2.13.